The van der Waals surface area contributed by atoms with E-state index in [4.69, 9.17) is 0 Å². The standard InChI is InChI=1S/C26H30F3N5O3/c1-15-22(33-37-32-15)13-30-23(35)20-9-8-18(16-6-5-7-17(12-16)26(27,28)29)19-10-11-34(14-21(19)20)24(36)31-25(2,3)4/h5-9,12,20-21H,10-11,13-14H2,1-4H3,(H,30,35)(H,31,36). The average molecular weight is 518 g/mol. The molecule has 1 fully saturated rings. The molecular formula is C26H30F3N5O3. The molecular weight excluding hydrogens is 487 g/mol. The van der Waals surface area contributed by atoms with Gasteiger partial charge in [-0.25, -0.2) is 9.42 Å². The second-order valence-electron chi connectivity index (χ2n) is 10.4. The quantitative estimate of drug-likeness (QED) is 0.623. The Bertz CT molecular complexity index is 1240. The van der Waals surface area contributed by atoms with Crippen LogP contribution in [-0.2, 0) is 17.5 Å². The van der Waals surface area contributed by atoms with Gasteiger partial charge in [-0.05, 0) is 57.4 Å². The highest BCUT2D eigenvalue weighted by atomic mass is 19.4. The number of hydrogen-bond donors (Lipinski definition) is 2. The van der Waals surface area contributed by atoms with Crippen molar-refractivity contribution in [2.45, 2.75) is 52.4 Å². The van der Waals surface area contributed by atoms with E-state index in [0.29, 0.717) is 35.5 Å². The number of allylic oxidation sites excluding steroid dienone is 2. The normalized spacial score (nSPS) is 20.0. The van der Waals surface area contributed by atoms with Gasteiger partial charge in [-0.3, -0.25) is 4.79 Å². The maximum absolute atomic E-state index is 13.4. The minimum atomic E-state index is -4.47. The number of carbonyl (C=O) groups excluding carboxylic acids is 2. The topological polar surface area (TPSA) is 100 Å². The fourth-order valence-corrected chi connectivity index (χ4v) is 4.68. The first-order chi connectivity index (χ1) is 17.3. The van der Waals surface area contributed by atoms with E-state index in [1.807, 2.05) is 20.8 Å². The van der Waals surface area contributed by atoms with E-state index < -0.39 is 29.1 Å². The van der Waals surface area contributed by atoms with E-state index in [0.717, 1.165) is 17.7 Å². The molecule has 2 aliphatic rings. The predicted molar refractivity (Wildman–Crippen MR) is 130 cm³/mol. The Labute approximate surface area is 212 Å². The van der Waals surface area contributed by atoms with Crippen molar-refractivity contribution in [3.63, 3.8) is 0 Å². The molecule has 0 saturated carbocycles. The Morgan fingerprint density at radius 3 is 2.59 bits per heavy atom. The summed E-state index contributed by atoms with van der Waals surface area (Å²) in [5.41, 5.74) is 1.85. The number of rotatable bonds is 4. The summed E-state index contributed by atoms with van der Waals surface area (Å²) >= 11 is 0. The van der Waals surface area contributed by atoms with Crippen LogP contribution in [0.25, 0.3) is 5.57 Å². The van der Waals surface area contributed by atoms with Crippen LogP contribution in [0.4, 0.5) is 18.0 Å². The van der Waals surface area contributed by atoms with Crippen LogP contribution in [0.3, 0.4) is 0 Å². The van der Waals surface area contributed by atoms with Crippen LogP contribution in [0.2, 0.25) is 0 Å². The molecule has 1 aromatic heterocycles. The summed E-state index contributed by atoms with van der Waals surface area (Å²) < 4.78 is 44.8. The Kier molecular flexibility index (Phi) is 7.16. The first kappa shape index (κ1) is 26.4. The molecule has 0 radical (unpaired) electrons. The van der Waals surface area contributed by atoms with Crippen LogP contribution in [-0.4, -0.2) is 45.8 Å². The fraction of sp³-hybridized carbons (Fsp3) is 0.462. The summed E-state index contributed by atoms with van der Waals surface area (Å²) in [4.78, 5) is 27.8. The van der Waals surface area contributed by atoms with E-state index in [1.165, 1.54) is 6.07 Å². The van der Waals surface area contributed by atoms with Gasteiger partial charge in [0, 0.05) is 24.5 Å². The zero-order valence-electron chi connectivity index (χ0n) is 21.1. The third-order valence-electron chi connectivity index (χ3n) is 6.51. The molecule has 1 aliphatic carbocycles. The molecule has 1 saturated heterocycles. The number of likely N-dealkylation sites (tertiary alicyclic amines) is 1. The number of nitrogens with one attached hydrogen (secondary N) is 2. The summed E-state index contributed by atoms with van der Waals surface area (Å²) in [5.74, 6) is -1.29. The van der Waals surface area contributed by atoms with Crippen molar-refractivity contribution in [3.8, 4) is 0 Å². The van der Waals surface area contributed by atoms with Crippen LogP contribution < -0.4 is 10.6 Å². The number of amides is 3. The number of nitrogens with zero attached hydrogens (tertiary/aromatic N) is 3. The lowest BCUT2D eigenvalue weighted by molar-refractivity contribution is -0.137. The Balaban J connectivity index is 1.64. The largest absolute Gasteiger partial charge is 0.416 e. The number of hydrogen-bond acceptors (Lipinski definition) is 5. The van der Waals surface area contributed by atoms with Crippen molar-refractivity contribution in [1.82, 2.24) is 25.8 Å². The number of fused-ring (bicyclic) bond motifs is 1. The van der Waals surface area contributed by atoms with Gasteiger partial charge in [-0.1, -0.05) is 40.2 Å². The van der Waals surface area contributed by atoms with Gasteiger partial charge in [0.05, 0.1) is 18.0 Å². The first-order valence-electron chi connectivity index (χ1n) is 12.0. The van der Waals surface area contributed by atoms with Crippen molar-refractivity contribution >= 4 is 17.5 Å². The highest BCUT2D eigenvalue weighted by molar-refractivity contribution is 5.87. The Morgan fingerprint density at radius 2 is 1.95 bits per heavy atom. The molecule has 2 N–H and O–H groups in total. The first-order valence-corrected chi connectivity index (χ1v) is 12.0. The fourth-order valence-electron chi connectivity index (χ4n) is 4.68. The number of urea groups is 1. The second kappa shape index (κ2) is 10.0. The zero-order valence-corrected chi connectivity index (χ0v) is 21.1. The minimum absolute atomic E-state index is 0.124. The third kappa shape index (κ3) is 6.03. The molecule has 1 aliphatic heterocycles. The van der Waals surface area contributed by atoms with Crippen LogP contribution in [0.1, 0.15) is 49.7 Å². The molecule has 2 atom stereocenters. The van der Waals surface area contributed by atoms with E-state index in [2.05, 4.69) is 25.6 Å². The van der Waals surface area contributed by atoms with Gasteiger partial charge in [-0.2, -0.15) is 13.2 Å². The van der Waals surface area contributed by atoms with Gasteiger partial charge in [0.2, 0.25) is 5.91 Å². The van der Waals surface area contributed by atoms with Gasteiger partial charge in [-0.15, -0.1) is 0 Å². The van der Waals surface area contributed by atoms with Crippen LogP contribution in [0, 0.1) is 18.8 Å². The number of benzene rings is 1. The molecule has 1 aromatic carbocycles. The minimum Gasteiger partial charge on any atom is -0.350 e. The van der Waals surface area contributed by atoms with Crippen molar-refractivity contribution in [1.29, 1.82) is 0 Å². The lowest BCUT2D eigenvalue weighted by atomic mass is 9.73. The van der Waals surface area contributed by atoms with E-state index in [1.54, 1.807) is 30.0 Å². The van der Waals surface area contributed by atoms with Gasteiger partial charge in [0.1, 0.15) is 11.4 Å². The summed E-state index contributed by atoms with van der Waals surface area (Å²) in [5, 5.41) is 13.3. The van der Waals surface area contributed by atoms with Crippen LogP contribution >= 0.6 is 0 Å². The van der Waals surface area contributed by atoms with E-state index >= 15 is 0 Å². The molecule has 2 heterocycles. The van der Waals surface area contributed by atoms with Crippen LogP contribution in [0.5, 0.6) is 0 Å². The summed E-state index contributed by atoms with van der Waals surface area (Å²) in [6.07, 6.45) is -0.601. The average Bonchev–Trinajstić information content (AvgIpc) is 3.24. The molecule has 0 spiro atoms. The van der Waals surface area contributed by atoms with Gasteiger partial charge in [0.15, 0.2) is 0 Å². The Morgan fingerprint density at radius 1 is 1.19 bits per heavy atom. The van der Waals surface area contributed by atoms with Crippen molar-refractivity contribution in [3.05, 3.63) is 64.5 Å². The lowest BCUT2D eigenvalue weighted by Gasteiger charge is -2.41. The Hall–Kier alpha value is -3.63. The highest BCUT2D eigenvalue weighted by Crippen LogP contribution is 2.41. The number of halogens is 3. The molecule has 11 heteroatoms. The zero-order chi connectivity index (χ0) is 27.0. The molecule has 2 unspecified atom stereocenters. The maximum Gasteiger partial charge on any atom is 0.416 e. The summed E-state index contributed by atoms with van der Waals surface area (Å²) in [7, 11) is 0. The molecule has 4 rings (SSSR count). The number of alkyl halides is 3. The van der Waals surface area contributed by atoms with Gasteiger partial charge in [0.25, 0.3) is 0 Å². The molecule has 37 heavy (non-hydrogen) atoms. The maximum atomic E-state index is 13.4. The molecule has 198 valence electrons. The lowest BCUT2D eigenvalue weighted by Crippen LogP contribution is -2.53. The van der Waals surface area contributed by atoms with Crippen molar-refractivity contribution in [2.75, 3.05) is 13.1 Å². The van der Waals surface area contributed by atoms with Crippen molar-refractivity contribution < 1.29 is 27.4 Å². The number of carbonyl (C=O) groups is 2. The van der Waals surface area contributed by atoms with Gasteiger partial charge >= 0.3 is 12.2 Å². The van der Waals surface area contributed by atoms with E-state index in [-0.39, 0.29) is 25.0 Å². The highest BCUT2D eigenvalue weighted by Gasteiger charge is 2.39. The monoisotopic (exact) mass is 517 g/mol. The van der Waals surface area contributed by atoms with E-state index in [9.17, 15) is 22.8 Å². The summed E-state index contributed by atoms with van der Waals surface area (Å²) in [6.45, 7) is 8.13. The van der Waals surface area contributed by atoms with Gasteiger partial charge < -0.3 is 15.5 Å². The molecule has 8 nitrogen and oxygen atoms in total. The molecule has 2 aromatic rings. The molecule has 3 amide bonds. The molecule has 0 bridgehead atoms. The predicted octanol–water partition coefficient (Wildman–Crippen LogP) is 4.48. The SMILES string of the molecule is Cc1nonc1CNC(=O)C1C=CC(c2cccc(C(F)(F)F)c2)=C2CCN(C(=O)NC(C)(C)C)CC21. The number of aryl methyl sites for hydroxylation is 1. The third-order valence-corrected chi connectivity index (χ3v) is 6.51. The second-order valence-corrected chi connectivity index (χ2v) is 10.4. The summed E-state index contributed by atoms with van der Waals surface area (Å²) in [6, 6.07) is 4.94. The van der Waals surface area contributed by atoms with Crippen molar-refractivity contribution in [2.24, 2.45) is 11.8 Å². The number of piperidine rings is 1. The smallest absolute Gasteiger partial charge is 0.350 e. The van der Waals surface area contributed by atoms with Crippen LogP contribution in [0.15, 0.2) is 46.6 Å². The number of aromatic nitrogens is 2.